The second-order valence-corrected chi connectivity index (χ2v) is 6.97. The molecule has 1 atom stereocenters. The maximum atomic E-state index is 12.1. The molecule has 0 fully saturated rings. The van der Waals surface area contributed by atoms with E-state index in [0.29, 0.717) is 18.6 Å². The number of esters is 1. The maximum absolute atomic E-state index is 12.1. The van der Waals surface area contributed by atoms with Gasteiger partial charge in [0.1, 0.15) is 0 Å². The summed E-state index contributed by atoms with van der Waals surface area (Å²) in [6.07, 6.45) is 2.38. The minimum atomic E-state index is -0.285. The van der Waals surface area contributed by atoms with Gasteiger partial charge >= 0.3 is 5.97 Å². The predicted molar refractivity (Wildman–Crippen MR) is 86.8 cm³/mol. The molecule has 0 saturated heterocycles. The lowest BCUT2D eigenvalue weighted by Gasteiger charge is -2.11. The first-order valence-corrected chi connectivity index (χ1v) is 8.92. The highest BCUT2D eigenvalue weighted by Gasteiger charge is 2.30. The fourth-order valence-corrected chi connectivity index (χ4v) is 3.70. The van der Waals surface area contributed by atoms with E-state index in [1.165, 1.54) is 11.8 Å². The first-order valence-electron chi connectivity index (χ1n) is 6.95. The van der Waals surface area contributed by atoms with E-state index in [4.69, 9.17) is 4.74 Å². The third-order valence-corrected chi connectivity index (χ3v) is 4.64. The van der Waals surface area contributed by atoms with E-state index >= 15 is 0 Å². The van der Waals surface area contributed by atoms with Crippen LogP contribution in [0.3, 0.4) is 0 Å². The van der Waals surface area contributed by atoms with E-state index in [1.54, 1.807) is 18.7 Å². The summed E-state index contributed by atoms with van der Waals surface area (Å²) in [6.45, 7) is 8.16. The van der Waals surface area contributed by atoms with Gasteiger partial charge in [-0.1, -0.05) is 38.6 Å². The highest BCUT2D eigenvalue weighted by molar-refractivity contribution is 8.13. The average Bonchev–Trinajstić information content (AvgIpc) is 2.66. The fourth-order valence-electron chi connectivity index (χ4n) is 2.17. The van der Waals surface area contributed by atoms with E-state index in [-0.39, 0.29) is 17.0 Å². The van der Waals surface area contributed by atoms with Crippen molar-refractivity contribution in [1.29, 1.82) is 0 Å². The summed E-state index contributed by atoms with van der Waals surface area (Å²) in [5.74, 6) is 1.42. The van der Waals surface area contributed by atoms with Crippen LogP contribution >= 0.6 is 23.5 Å². The zero-order valence-electron chi connectivity index (χ0n) is 12.5. The monoisotopic (exact) mass is 314 g/mol. The number of ether oxygens (including phenoxy) is 1. The SMILES string of the molecule is CCOC(=O)C1=C(CC(=O)SCC)C(SCC)=CC1C. The van der Waals surface area contributed by atoms with Crippen LogP contribution in [-0.4, -0.2) is 29.2 Å². The Morgan fingerprint density at radius 2 is 1.95 bits per heavy atom. The van der Waals surface area contributed by atoms with Gasteiger partial charge in [-0.15, -0.1) is 11.8 Å². The van der Waals surface area contributed by atoms with E-state index < -0.39 is 0 Å². The van der Waals surface area contributed by atoms with Crippen molar-refractivity contribution in [1.82, 2.24) is 0 Å². The lowest BCUT2D eigenvalue weighted by atomic mass is 10.0. The topological polar surface area (TPSA) is 43.4 Å². The van der Waals surface area contributed by atoms with Crippen molar-refractivity contribution in [3.05, 3.63) is 22.1 Å². The smallest absolute Gasteiger partial charge is 0.334 e. The first kappa shape index (κ1) is 17.4. The van der Waals surface area contributed by atoms with Crippen molar-refractivity contribution in [3.8, 4) is 0 Å². The zero-order chi connectivity index (χ0) is 15.1. The Bertz CT molecular complexity index is 438. The van der Waals surface area contributed by atoms with Crippen molar-refractivity contribution in [3.63, 3.8) is 0 Å². The van der Waals surface area contributed by atoms with Gasteiger partial charge in [0.15, 0.2) is 5.12 Å². The molecule has 1 aliphatic rings. The number of hydrogen-bond acceptors (Lipinski definition) is 5. The van der Waals surface area contributed by atoms with E-state index in [9.17, 15) is 9.59 Å². The number of thioether (sulfide) groups is 2. The molecule has 0 N–H and O–H groups in total. The molecule has 0 aliphatic heterocycles. The minimum Gasteiger partial charge on any atom is -0.463 e. The molecule has 1 unspecified atom stereocenters. The molecule has 0 heterocycles. The highest BCUT2D eigenvalue weighted by Crippen LogP contribution is 2.40. The minimum absolute atomic E-state index is 0.0255. The van der Waals surface area contributed by atoms with Crippen molar-refractivity contribution in [2.45, 2.75) is 34.1 Å². The molecule has 0 aromatic rings. The van der Waals surface area contributed by atoms with E-state index in [1.807, 2.05) is 13.8 Å². The molecule has 0 amide bonds. The Kier molecular flexibility index (Phi) is 7.45. The molecule has 0 saturated carbocycles. The van der Waals surface area contributed by atoms with Gasteiger partial charge in [-0.25, -0.2) is 4.79 Å². The fraction of sp³-hybridized carbons (Fsp3) is 0.600. The average molecular weight is 314 g/mol. The summed E-state index contributed by atoms with van der Waals surface area (Å²) >= 11 is 2.99. The van der Waals surface area contributed by atoms with Crippen molar-refractivity contribution in [2.75, 3.05) is 18.1 Å². The van der Waals surface area contributed by atoms with Crippen LogP contribution in [0.25, 0.3) is 0 Å². The molecule has 20 heavy (non-hydrogen) atoms. The summed E-state index contributed by atoms with van der Waals surface area (Å²) in [6, 6.07) is 0. The van der Waals surface area contributed by atoms with Crippen LogP contribution in [0.15, 0.2) is 22.1 Å². The van der Waals surface area contributed by atoms with Crippen molar-refractivity contribution < 1.29 is 14.3 Å². The van der Waals surface area contributed by atoms with Crippen molar-refractivity contribution >= 4 is 34.6 Å². The Hall–Kier alpha value is -0.680. The number of carbonyl (C=O) groups is 2. The molecule has 0 spiro atoms. The molecular weight excluding hydrogens is 292 g/mol. The molecule has 1 rings (SSSR count). The second-order valence-electron chi connectivity index (χ2n) is 4.35. The number of allylic oxidation sites excluding steroid dienone is 2. The molecule has 112 valence electrons. The maximum Gasteiger partial charge on any atom is 0.334 e. The summed E-state index contributed by atoms with van der Waals surface area (Å²) in [5.41, 5.74) is 1.53. The van der Waals surface area contributed by atoms with Gasteiger partial charge in [0.05, 0.1) is 6.61 Å². The number of hydrogen-bond donors (Lipinski definition) is 0. The van der Waals surface area contributed by atoms with Gasteiger partial charge in [-0.05, 0) is 24.0 Å². The molecule has 0 bridgehead atoms. The quantitative estimate of drug-likeness (QED) is 0.669. The van der Waals surface area contributed by atoms with Gasteiger partial charge < -0.3 is 4.74 Å². The normalized spacial score (nSPS) is 18.2. The van der Waals surface area contributed by atoms with Gasteiger partial charge in [-0.2, -0.15) is 0 Å². The standard InChI is InChI=1S/C15H22O3S2/c1-5-18-15(17)14-10(4)8-12(19-6-2)11(14)9-13(16)20-7-3/h8,10H,5-7,9H2,1-4H3. The van der Waals surface area contributed by atoms with Crippen LogP contribution in [0.4, 0.5) is 0 Å². The van der Waals surface area contributed by atoms with Crippen LogP contribution in [0, 0.1) is 5.92 Å². The predicted octanol–water partition coefficient (Wildman–Crippen LogP) is 3.80. The lowest BCUT2D eigenvalue weighted by Crippen LogP contribution is -2.13. The summed E-state index contributed by atoms with van der Waals surface area (Å²) < 4.78 is 5.14. The van der Waals surface area contributed by atoms with Gasteiger partial charge in [0, 0.05) is 22.8 Å². The first-order chi connectivity index (χ1) is 9.54. The molecule has 0 radical (unpaired) electrons. The van der Waals surface area contributed by atoms with Crippen LogP contribution < -0.4 is 0 Å². The van der Waals surface area contributed by atoms with Gasteiger partial charge in [-0.3, -0.25) is 4.79 Å². The van der Waals surface area contributed by atoms with E-state index in [2.05, 4.69) is 13.0 Å². The molecule has 0 aromatic carbocycles. The zero-order valence-corrected chi connectivity index (χ0v) is 14.2. The van der Waals surface area contributed by atoms with Crippen LogP contribution in [0.2, 0.25) is 0 Å². The number of rotatable bonds is 7. The highest BCUT2D eigenvalue weighted by atomic mass is 32.2. The van der Waals surface area contributed by atoms with E-state index in [0.717, 1.165) is 22.0 Å². The number of carbonyl (C=O) groups excluding carboxylic acids is 2. The summed E-state index contributed by atoms with van der Waals surface area (Å²) in [7, 11) is 0. The Morgan fingerprint density at radius 1 is 1.25 bits per heavy atom. The van der Waals surface area contributed by atoms with Crippen LogP contribution in [0.1, 0.15) is 34.1 Å². The molecule has 1 aliphatic carbocycles. The largest absolute Gasteiger partial charge is 0.463 e. The van der Waals surface area contributed by atoms with Crippen molar-refractivity contribution in [2.24, 2.45) is 5.92 Å². The lowest BCUT2D eigenvalue weighted by molar-refractivity contribution is -0.138. The summed E-state index contributed by atoms with van der Waals surface area (Å²) in [4.78, 5) is 25.1. The molecular formula is C15H22O3S2. The Labute approximate surface area is 129 Å². The van der Waals surface area contributed by atoms with Gasteiger partial charge in [0.2, 0.25) is 0 Å². The van der Waals surface area contributed by atoms with Gasteiger partial charge in [0.25, 0.3) is 0 Å². The molecule has 0 aromatic heterocycles. The second kappa shape index (κ2) is 8.57. The Morgan fingerprint density at radius 3 is 2.50 bits per heavy atom. The third-order valence-electron chi connectivity index (χ3n) is 2.90. The summed E-state index contributed by atoms with van der Waals surface area (Å²) in [5, 5.41) is 0.112. The Balaban J connectivity index is 3.03. The third kappa shape index (κ3) is 4.42. The molecule has 3 nitrogen and oxygen atoms in total. The van der Waals surface area contributed by atoms with Crippen LogP contribution in [-0.2, 0) is 14.3 Å². The van der Waals surface area contributed by atoms with Crippen LogP contribution in [0.5, 0.6) is 0 Å². The molecule has 5 heteroatoms.